The lowest BCUT2D eigenvalue weighted by Gasteiger charge is -2.26. The van der Waals surface area contributed by atoms with Gasteiger partial charge in [0.25, 0.3) is 5.91 Å². The molecule has 0 spiro atoms. The van der Waals surface area contributed by atoms with E-state index in [4.69, 9.17) is 27.9 Å². The van der Waals surface area contributed by atoms with Crippen LogP contribution >= 0.6 is 23.2 Å². The second-order valence-corrected chi connectivity index (χ2v) is 10.9. The van der Waals surface area contributed by atoms with E-state index < -0.39 is 17.8 Å². The molecule has 0 unspecified atom stereocenters. The summed E-state index contributed by atoms with van der Waals surface area (Å²) in [5.41, 5.74) is 1.58. The van der Waals surface area contributed by atoms with Crippen molar-refractivity contribution in [1.29, 1.82) is 0 Å². The second-order valence-electron chi connectivity index (χ2n) is 10.0. The van der Waals surface area contributed by atoms with Gasteiger partial charge in [0, 0.05) is 36.4 Å². The summed E-state index contributed by atoms with van der Waals surface area (Å²) in [5.74, 6) is -1.29. The van der Waals surface area contributed by atoms with E-state index in [1.165, 1.54) is 11.1 Å². The van der Waals surface area contributed by atoms with Crippen LogP contribution in [-0.2, 0) is 16.1 Å². The van der Waals surface area contributed by atoms with Crippen LogP contribution in [0.4, 0.5) is 10.3 Å². The zero-order valence-electron chi connectivity index (χ0n) is 22.2. The van der Waals surface area contributed by atoms with Crippen molar-refractivity contribution in [2.24, 2.45) is 0 Å². The van der Waals surface area contributed by atoms with Gasteiger partial charge in [0.05, 0.1) is 28.5 Å². The highest BCUT2D eigenvalue weighted by atomic mass is 35.5. The second kappa shape index (κ2) is 12.1. The van der Waals surface area contributed by atoms with E-state index in [1.54, 1.807) is 31.2 Å². The molecule has 1 aromatic heterocycles. The molecule has 8 nitrogen and oxygen atoms in total. The number of amides is 2. The van der Waals surface area contributed by atoms with E-state index in [0.717, 1.165) is 18.4 Å². The molecule has 2 atom stereocenters. The van der Waals surface area contributed by atoms with E-state index in [1.807, 2.05) is 19.1 Å². The quantitative estimate of drug-likeness (QED) is 0.347. The highest BCUT2D eigenvalue weighted by Gasteiger charge is 2.37. The van der Waals surface area contributed by atoms with Gasteiger partial charge < -0.3 is 20.3 Å². The smallest absolute Gasteiger partial charge is 0.258 e. The molecule has 40 heavy (non-hydrogen) atoms. The van der Waals surface area contributed by atoms with Crippen LogP contribution in [0, 0.1) is 5.82 Å². The van der Waals surface area contributed by atoms with Crippen molar-refractivity contribution >= 4 is 41.0 Å². The molecule has 11 heteroatoms. The number of halogens is 3. The maximum absolute atomic E-state index is 15.9. The summed E-state index contributed by atoms with van der Waals surface area (Å²) in [6, 6.07) is 9.57. The minimum atomic E-state index is -0.825. The molecule has 5 rings (SSSR count). The first-order chi connectivity index (χ1) is 19.3. The number of carbonyl (C=O) groups excluding carboxylic acids is 2. The third-order valence-electron chi connectivity index (χ3n) is 7.42. The van der Waals surface area contributed by atoms with Crippen LogP contribution in [0.2, 0.25) is 10.0 Å². The van der Waals surface area contributed by atoms with Gasteiger partial charge in [-0.05, 0) is 55.5 Å². The molecule has 3 heterocycles. The summed E-state index contributed by atoms with van der Waals surface area (Å²) in [6.45, 7) is 4.99. The Balaban J connectivity index is 1.35. The third-order valence-corrected chi connectivity index (χ3v) is 7.93. The fourth-order valence-electron chi connectivity index (χ4n) is 5.10. The Bertz CT molecular complexity index is 1430. The average Bonchev–Trinajstić information content (AvgIpc) is 3.30. The number of hydrogen-bond acceptors (Lipinski definition) is 6. The van der Waals surface area contributed by atoms with Crippen molar-refractivity contribution in [1.82, 2.24) is 20.2 Å². The van der Waals surface area contributed by atoms with Gasteiger partial charge in [-0.1, -0.05) is 48.3 Å². The summed E-state index contributed by atoms with van der Waals surface area (Å²) in [7, 11) is 0. The van der Waals surface area contributed by atoms with Crippen LogP contribution in [0.3, 0.4) is 0 Å². The highest BCUT2D eigenvalue weighted by molar-refractivity contribution is 6.33. The Morgan fingerprint density at radius 2 is 2.00 bits per heavy atom. The number of benzene rings is 2. The molecule has 3 aromatic rings. The van der Waals surface area contributed by atoms with E-state index in [0.29, 0.717) is 36.2 Å². The van der Waals surface area contributed by atoms with Gasteiger partial charge in [-0.2, -0.15) is 0 Å². The van der Waals surface area contributed by atoms with Gasteiger partial charge >= 0.3 is 0 Å². The summed E-state index contributed by atoms with van der Waals surface area (Å²) < 4.78 is 21.3. The topological polar surface area (TPSA) is 96.5 Å². The lowest BCUT2D eigenvalue weighted by Crippen LogP contribution is -2.46. The Labute approximate surface area is 242 Å². The number of anilines is 1. The molecule has 2 N–H and O–H groups in total. The largest absolute Gasteiger partial charge is 0.381 e. The minimum absolute atomic E-state index is 0.0762. The molecular weight excluding hydrogens is 556 g/mol. The monoisotopic (exact) mass is 585 g/mol. The van der Waals surface area contributed by atoms with E-state index in [9.17, 15) is 9.59 Å². The summed E-state index contributed by atoms with van der Waals surface area (Å²) >= 11 is 12.5. The van der Waals surface area contributed by atoms with Crippen molar-refractivity contribution in [2.75, 3.05) is 18.5 Å². The average molecular weight is 586 g/mol. The third kappa shape index (κ3) is 5.77. The van der Waals surface area contributed by atoms with E-state index >= 15 is 4.39 Å². The molecular formula is C29H30Cl2FN5O3. The molecule has 2 aromatic carbocycles. The Hall–Kier alpha value is -3.27. The molecule has 1 fully saturated rings. The normalized spacial score (nSPS) is 16.9. The summed E-state index contributed by atoms with van der Waals surface area (Å²) in [4.78, 5) is 36.7. The molecule has 2 amide bonds. The predicted octanol–water partition coefficient (Wildman–Crippen LogP) is 5.79. The van der Waals surface area contributed by atoms with Gasteiger partial charge in [0.1, 0.15) is 11.9 Å². The first-order valence-corrected chi connectivity index (χ1v) is 14.1. The van der Waals surface area contributed by atoms with Crippen LogP contribution in [0.1, 0.15) is 60.6 Å². The zero-order chi connectivity index (χ0) is 28.4. The summed E-state index contributed by atoms with van der Waals surface area (Å²) in [6.07, 6.45) is 3.67. The van der Waals surface area contributed by atoms with Crippen LogP contribution in [-0.4, -0.2) is 52.0 Å². The van der Waals surface area contributed by atoms with Crippen molar-refractivity contribution in [3.05, 3.63) is 75.1 Å². The van der Waals surface area contributed by atoms with Gasteiger partial charge in [0.2, 0.25) is 11.9 Å². The summed E-state index contributed by atoms with van der Waals surface area (Å²) in [5, 5.41) is 7.00. The van der Waals surface area contributed by atoms with Gasteiger partial charge in [0.15, 0.2) is 0 Å². The van der Waals surface area contributed by atoms with Crippen molar-refractivity contribution in [2.45, 2.75) is 57.8 Å². The van der Waals surface area contributed by atoms with Gasteiger partial charge in [-0.3, -0.25) is 9.59 Å². The molecule has 0 saturated carbocycles. The Kier molecular flexibility index (Phi) is 8.54. The zero-order valence-corrected chi connectivity index (χ0v) is 23.7. The van der Waals surface area contributed by atoms with Gasteiger partial charge in [-0.15, -0.1) is 0 Å². The van der Waals surface area contributed by atoms with Crippen molar-refractivity contribution < 1.29 is 18.7 Å². The number of ether oxygens (including phenoxy) is 1. The molecule has 2 aliphatic rings. The maximum atomic E-state index is 15.9. The molecule has 2 aliphatic heterocycles. The van der Waals surface area contributed by atoms with E-state index in [-0.39, 0.29) is 46.4 Å². The molecule has 1 saturated heterocycles. The maximum Gasteiger partial charge on any atom is 0.258 e. The van der Waals surface area contributed by atoms with Crippen molar-refractivity contribution in [3.8, 4) is 11.3 Å². The van der Waals surface area contributed by atoms with Gasteiger partial charge in [-0.25, -0.2) is 14.4 Å². The van der Waals surface area contributed by atoms with Crippen LogP contribution in [0.15, 0.2) is 42.6 Å². The first-order valence-electron chi connectivity index (χ1n) is 13.3. The number of hydrogen-bond donors (Lipinski definition) is 2. The Morgan fingerprint density at radius 1 is 1.23 bits per heavy atom. The number of aromatic nitrogens is 2. The Morgan fingerprint density at radius 3 is 2.73 bits per heavy atom. The van der Waals surface area contributed by atoms with E-state index in [2.05, 4.69) is 20.6 Å². The standard InChI is InChI=1S/C29H30Cl2FN5O3/c1-3-23(17-5-4-6-19(30)13-17)35-27(38)16(2)37-15-18-7-8-21(25(32)24(18)28(37)39)26-22(31)14-33-29(36-26)34-20-9-11-40-12-10-20/h4-8,13-14,16,20,23H,3,9-12,15H2,1-2H3,(H,35,38)(H,33,34,36)/t16-,23-/m1/s1. The highest BCUT2D eigenvalue weighted by Crippen LogP contribution is 2.35. The number of fused-ring (bicyclic) bond motifs is 1. The molecule has 0 bridgehead atoms. The van der Waals surface area contributed by atoms with Crippen molar-refractivity contribution in [3.63, 3.8) is 0 Å². The van der Waals surface area contributed by atoms with Crippen LogP contribution in [0.25, 0.3) is 11.3 Å². The van der Waals surface area contributed by atoms with Crippen LogP contribution in [0.5, 0.6) is 0 Å². The first kappa shape index (κ1) is 28.3. The SMILES string of the molecule is CC[C@@H](NC(=O)[C@@H](C)N1Cc2ccc(-c3nc(NC4CCOCC4)ncc3Cl)c(F)c2C1=O)c1cccc(Cl)c1. The fraction of sp³-hybridized carbons (Fsp3) is 0.379. The molecule has 210 valence electrons. The lowest BCUT2D eigenvalue weighted by atomic mass is 10.0. The lowest BCUT2D eigenvalue weighted by molar-refractivity contribution is -0.126. The number of rotatable bonds is 8. The number of nitrogens with zero attached hydrogens (tertiary/aromatic N) is 3. The fourth-order valence-corrected chi connectivity index (χ4v) is 5.49. The number of carbonyl (C=O) groups is 2. The predicted molar refractivity (Wildman–Crippen MR) is 152 cm³/mol. The van der Waals surface area contributed by atoms with Crippen LogP contribution < -0.4 is 10.6 Å². The minimum Gasteiger partial charge on any atom is -0.381 e. The number of nitrogens with one attached hydrogen (secondary N) is 2. The molecule has 0 aliphatic carbocycles. The molecule has 0 radical (unpaired) electrons.